The Labute approximate surface area is 162 Å². The third-order valence-corrected chi connectivity index (χ3v) is 4.08. The fourth-order valence-electron chi connectivity index (χ4n) is 2.47. The van der Waals surface area contributed by atoms with Gasteiger partial charge < -0.3 is 15.5 Å². The molecule has 9 heteroatoms. The van der Waals surface area contributed by atoms with Gasteiger partial charge in [0.25, 0.3) is 0 Å². The van der Waals surface area contributed by atoms with Crippen LogP contribution in [0, 0.1) is 0 Å². The first-order valence-electron chi connectivity index (χ1n) is 8.25. The Bertz CT molecular complexity index is 926. The first-order valence-corrected chi connectivity index (χ1v) is 8.62. The summed E-state index contributed by atoms with van der Waals surface area (Å²) in [6.07, 6.45) is 4.94. The number of nitrogens with zero attached hydrogens (tertiary/aromatic N) is 5. The lowest BCUT2D eigenvalue weighted by Gasteiger charge is -2.23. The number of nitrogens with one attached hydrogen (secondary N) is 2. The Morgan fingerprint density at radius 2 is 1.96 bits per heavy atom. The number of aryl methyl sites for hydroxylation is 1. The van der Waals surface area contributed by atoms with Crippen LogP contribution in [0.2, 0.25) is 5.02 Å². The van der Waals surface area contributed by atoms with Gasteiger partial charge in [-0.15, -0.1) is 0 Å². The van der Waals surface area contributed by atoms with E-state index in [1.807, 2.05) is 37.4 Å². The molecule has 1 aromatic carbocycles. The first-order chi connectivity index (χ1) is 12.9. The summed E-state index contributed by atoms with van der Waals surface area (Å²) in [6.45, 7) is 0. The summed E-state index contributed by atoms with van der Waals surface area (Å²) in [4.78, 5) is 22.8. The summed E-state index contributed by atoms with van der Waals surface area (Å²) in [7, 11) is 5.23. The Kier molecular flexibility index (Phi) is 5.56. The number of hydrogen-bond donors (Lipinski definition) is 2. The van der Waals surface area contributed by atoms with Crippen molar-refractivity contribution in [2.45, 2.75) is 6.04 Å². The second-order valence-corrected chi connectivity index (χ2v) is 6.55. The van der Waals surface area contributed by atoms with E-state index in [1.165, 1.54) is 11.1 Å². The number of likely N-dealkylation sites (N-methyl/N-ethyl adjacent to an activating group) is 1. The zero-order valence-electron chi connectivity index (χ0n) is 15.2. The van der Waals surface area contributed by atoms with E-state index in [0.717, 1.165) is 11.3 Å². The maximum Gasteiger partial charge on any atom is 0.249 e. The van der Waals surface area contributed by atoms with Gasteiger partial charge in [0.15, 0.2) is 5.82 Å². The third kappa shape index (κ3) is 4.53. The lowest BCUT2D eigenvalue weighted by Crippen LogP contribution is -2.33. The number of aromatic nitrogens is 4. The van der Waals surface area contributed by atoms with E-state index in [1.54, 1.807) is 31.2 Å². The second kappa shape index (κ2) is 8.05. The number of carbonyl (C=O) groups is 1. The largest absolute Gasteiger partial charge is 0.353 e. The van der Waals surface area contributed by atoms with Crippen molar-refractivity contribution in [3.63, 3.8) is 0 Å². The van der Waals surface area contributed by atoms with Gasteiger partial charge in [-0.05, 0) is 5.56 Å². The molecule has 0 radical (unpaired) electrons. The standard InChI is InChI=1S/C18H20ClN7O/c1-25(2)17(27)15(12-7-5-4-6-8-12)23-16-14(19)10-20-18(24-16)22-13-9-21-26(3)11-13/h4-11,15H,1-3H3,(H2,20,22,23,24)/t15-/m0/s1. The molecule has 2 aromatic heterocycles. The average Bonchev–Trinajstić information content (AvgIpc) is 3.07. The van der Waals surface area contributed by atoms with Crippen molar-refractivity contribution in [3.8, 4) is 0 Å². The maximum atomic E-state index is 12.7. The summed E-state index contributed by atoms with van der Waals surface area (Å²) < 4.78 is 1.67. The highest BCUT2D eigenvalue weighted by atomic mass is 35.5. The normalized spacial score (nSPS) is 11.7. The van der Waals surface area contributed by atoms with Crippen molar-refractivity contribution < 1.29 is 4.79 Å². The molecule has 1 atom stereocenters. The molecule has 3 rings (SSSR count). The molecule has 0 aliphatic heterocycles. The van der Waals surface area contributed by atoms with Crippen LogP contribution in [-0.4, -0.2) is 44.7 Å². The van der Waals surface area contributed by atoms with Crippen LogP contribution in [0.3, 0.4) is 0 Å². The highest BCUT2D eigenvalue weighted by Gasteiger charge is 2.23. The molecular weight excluding hydrogens is 366 g/mol. The number of anilines is 3. The SMILES string of the molecule is CN(C)C(=O)[C@@H](Nc1nc(Nc2cnn(C)c2)ncc1Cl)c1ccccc1. The van der Waals surface area contributed by atoms with Gasteiger partial charge in [0.2, 0.25) is 11.9 Å². The quantitative estimate of drug-likeness (QED) is 0.678. The van der Waals surface area contributed by atoms with E-state index in [0.29, 0.717) is 16.8 Å². The lowest BCUT2D eigenvalue weighted by molar-refractivity contribution is -0.129. The van der Waals surface area contributed by atoms with E-state index in [2.05, 4.69) is 25.7 Å². The van der Waals surface area contributed by atoms with E-state index < -0.39 is 6.04 Å². The topological polar surface area (TPSA) is 88.0 Å². The Morgan fingerprint density at radius 1 is 1.22 bits per heavy atom. The van der Waals surface area contributed by atoms with Gasteiger partial charge >= 0.3 is 0 Å². The van der Waals surface area contributed by atoms with Crippen molar-refractivity contribution in [1.82, 2.24) is 24.6 Å². The number of rotatable bonds is 6. The molecule has 0 saturated heterocycles. The first kappa shape index (κ1) is 18.7. The van der Waals surface area contributed by atoms with Gasteiger partial charge in [0, 0.05) is 27.3 Å². The van der Waals surface area contributed by atoms with E-state index >= 15 is 0 Å². The minimum absolute atomic E-state index is 0.113. The molecule has 0 spiro atoms. The Hall–Kier alpha value is -3.13. The van der Waals surface area contributed by atoms with Crippen LogP contribution in [0.5, 0.6) is 0 Å². The van der Waals surface area contributed by atoms with Crippen molar-refractivity contribution in [1.29, 1.82) is 0 Å². The van der Waals surface area contributed by atoms with E-state index in [-0.39, 0.29) is 5.91 Å². The zero-order chi connectivity index (χ0) is 19.4. The summed E-state index contributed by atoms with van der Waals surface area (Å²) in [6, 6.07) is 8.79. The molecule has 0 bridgehead atoms. The smallest absolute Gasteiger partial charge is 0.249 e. The minimum atomic E-state index is -0.625. The van der Waals surface area contributed by atoms with Gasteiger partial charge in [-0.25, -0.2) is 4.98 Å². The number of benzene rings is 1. The van der Waals surface area contributed by atoms with Crippen LogP contribution in [-0.2, 0) is 11.8 Å². The molecule has 140 valence electrons. The number of carbonyl (C=O) groups excluding carboxylic acids is 1. The van der Waals surface area contributed by atoms with Crippen LogP contribution >= 0.6 is 11.6 Å². The van der Waals surface area contributed by atoms with Gasteiger partial charge in [-0.2, -0.15) is 10.1 Å². The Balaban J connectivity index is 1.89. The summed E-state index contributed by atoms with van der Waals surface area (Å²) in [5.74, 6) is 0.596. The van der Waals surface area contributed by atoms with Crippen molar-refractivity contribution in [2.75, 3.05) is 24.7 Å². The number of halogens is 1. The molecule has 0 aliphatic rings. The van der Waals surface area contributed by atoms with Crippen LogP contribution < -0.4 is 10.6 Å². The maximum absolute atomic E-state index is 12.7. The average molecular weight is 386 g/mol. The molecule has 1 amide bonds. The van der Waals surface area contributed by atoms with Gasteiger partial charge in [-0.3, -0.25) is 9.48 Å². The molecular formula is C18H20ClN7O. The van der Waals surface area contributed by atoms with Crippen LogP contribution in [0.1, 0.15) is 11.6 Å². The number of amides is 1. The second-order valence-electron chi connectivity index (χ2n) is 6.14. The van der Waals surface area contributed by atoms with Crippen molar-refractivity contribution in [3.05, 3.63) is 59.5 Å². The predicted octanol–water partition coefficient (Wildman–Crippen LogP) is 2.85. The van der Waals surface area contributed by atoms with Crippen LogP contribution in [0.15, 0.2) is 48.9 Å². The fraction of sp³-hybridized carbons (Fsp3) is 0.222. The van der Waals surface area contributed by atoms with Gasteiger partial charge in [0.05, 0.1) is 18.1 Å². The monoisotopic (exact) mass is 385 g/mol. The van der Waals surface area contributed by atoms with E-state index in [9.17, 15) is 4.79 Å². The van der Waals surface area contributed by atoms with Crippen molar-refractivity contribution >= 4 is 35.0 Å². The highest BCUT2D eigenvalue weighted by molar-refractivity contribution is 6.32. The molecule has 0 fully saturated rings. The predicted molar refractivity (Wildman–Crippen MR) is 105 cm³/mol. The Morgan fingerprint density at radius 3 is 2.59 bits per heavy atom. The molecule has 27 heavy (non-hydrogen) atoms. The van der Waals surface area contributed by atoms with Gasteiger partial charge in [-0.1, -0.05) is 41.9 Å². The summed E-state index contributed by atoms with van der Waals surface area (Å²) in [5, 5.41) is 10.6. The summed E-state index contributed by atoms with van der Waals surface area (Å²) in [5.41, 5.74) is 1.56. The highest BCUT2D eigenvalue weighted by Crippen LogP contribution is 2.26. The van der Waals surface area contributed by atoms with Crippen LogP contribution in [0.4, 0.5) is 17.5 Å². The van der Waals surface area contributed by atoms with Gasteiger partial charge in [0.1, 0.15) is 11.1 Å². The molecule has 0 saturated carbocycles. The molecule has 3 aromatic rings. The minimum Gasteiger partial charge on any atom is -0.353 e. The molecule has 8 nitrogen and oxygen atoms in total. The molecule has 0 unspecified atom stereocenters. The molecule has 0 aliphatic carbocycles. The molecule has 2 heterocycles. The zero-order valence-corrected chi connectivity index (χ0v) is 16.0. The van der Waals surface area contributed by atoms with Crippen molar-refractivity contribution in [2.24, 2.45) is 7.05 Å². The fourth-order valence-corrected chi connectivity index (χ4v) is 2.62. The molecule has 2 N–H and O–H groups in total. The van der Waals surface area contributed by atoms with Crippen LogP contribution in [0.25, 0.3) is 0 Å². The third-order valence-electron chi connectivity index (χ3n) is 3.81. The number of hydrogen-bond acceptors (Lipinski definition) is 6. The summed E-state index contributed by atoms with van der Waals surface area (Å²) >= 11 is 6.26. The lowest BCUT2D eigenvalue weighted by atomic mass is 10.1. The van der Waals surface area contributed by atoms with E-state index in [4.69, 9.17) is 11.6 Å².